The van der Waals surface area contributed by atoms with E-state index < -0.39 is 0 Å². The second kappa shape index (κ2) is 8.74. The first-order valence-corrected chi connectivity index (χ1v) is 9.66. The van der Waals surface area contributed by atoms with Crippen molar-refractivity contribution >= 4 is 34.0 Å². The van der Waals surface area contributed by atoms with Crippen LogP contribution in [0.4, 0.5) is 10.8 Å². The fourth-order valence-corrected chi connectivity index (χ4v) is 3.24. The third-order valence-electron chi connectivity index (χ3n) is 4.34. The number of carbonyl (C=O) groups is 2. The Kier molecular flexibility index (Phi) is 6.13. The molecule has 2 amide bonds. The summed E-state index contributed by atoms with van der Waals surface area (Å²) in [6.45, 7) is 3.99. The fourth-order valence-electron chi connectivity index (χ4n) is 2.56. The monoisotopic (exact) mass is 411 g/mol. The average Bonchev–Trinajstić information content (AvgIpc) is 3.18. The van der Waals surface area contributed by atoms with E-state index in [2.05, 4.69) is 15.6 Å². The Hall–Kier alpha value is -3.39. The number of methoxy groups -OCH3 is 2. The summed E-state index contributed by atoms with van der Waals surface area (Å²) in [5.74, 6) is 0.287. The first-order valence-electron chi connectivity index (χ1n) is 8.78. The van der Waals surface area contributed by atoms with Crippen LogP contribution in [0.5, 0.6) is 11.5 Å². The number of aryl methyl sites for hydroxylation is 2. The molecule has 1 aromatic heterocycles. The number of hydrogen-bond donors (Lipinski definition) is 2. The number of thiazole rings is 1. The summed E-state index contributed by atoms with van der Waals surface area (Å²) in [6.07, 6.45) is 0. The van der Waals surface area contributed by atoms with Gasteiger partial charge in [-0.25, -0.2) is 4.98 Å². The summed E-state index contributed by atoms with van der Waals surface area (Å²) in [7, 11) is 3.02. The first-order chi connectivity index (χ1) is 13.9. The minimum absolute atomic E-state index is 0.228. The van der Waals surface area contributed by atoms with Gasteiger partial charge in [-0.15, -0.1) is 11.3 Å². The molecule has 0 aliphatic heterocycles. The molecule has 0 fully saturated rings. The van der Waals surface area contributed by atoms with Gasteiger partial charge >= 0.3 is 0 Å². The SMILES string of the molecule is COc1cc(OC)cc(C(=O)Nc2nc(C(=O)Nc3ccc(C)c(C)c3)cs2)c1. The van der Waals surface area contributed by atoms with Crippen LogP contribution in [0.15, 0.2) is 41.8 Å². The maximum absolute atomic E-state index is 12.5. The molecule has 0 unspecified atom stereocenters. The molecule has 1 heterocycles. The van der Waals surface area contributed by atoms with Crippen molar-refractivity contribution in [1.29, 1.82) is 0 Å². The van der Waals surface area contributed by atoms with Gasteiger partial charge in [-0.2, -0.15) is 0 Å². The molecule has 0 spiro atoms. The molecule has 0 aliphatic carbocycles. The maximum Gasteiger partial charge on any atom is 0.275 e. The zero-order chi connectivity index (χ0) is 21.0. The highest BCUT2D eigenvalue weighted by atomic mass is 32.1. The van der Waals surface area contributed by atoms with E-state index in [0.717, 1.165) is 11.1 Å². The smallest absolute Gasteiger partial charge is 0.275 e. The molecule has 0 saturated carbocycles. The van der Waals surface area contributed by atoms with Crippen LogP contribution in [0, 0.1) is 13.8 Å². The lowest BCUT2D eigenvalue weighted by atomic mass is 10.1. The van der Waals surface area contributed by atoms with E-state index >= 15 is 0 Å². The van der Waals surface area contributed by atoms with Crippen molar-refractivity contribution in [3.05, 3.63) is 64.2 Å². The molecule has 2 N–H and O–H groups in total. The van der Waals surface area contributed by atoms with E-state index in [0.29, 0.717) is 27.9 Å². The van der Waals surface area contributed by atoms with Gasteiger partial charge in [-0.05, 0) is 49.2 Å². The highest BCUT2D eigenvalue weighted by Gasteiger charge is 2.15. The Morgan fingerprint density at radius 1 is 0.897 bits per heavy atom. The Morgan fingerprint density at radius 3 is 2.21 bits per heavy atom. The number of rotatable bonds is 6. The van der Waals surface area contributed by atoms with Gasteiger partial charge in [0.2, 0.25) is 0 Å². The van der Waals surface area contributed by atoms with Crippen LogP contribution in [0.2, 0.25) is 0 Å². The highest BCUT2D eigenvalue weighted by molar-refractivity contribution is 7.14. The van der Waals surface area contributed by atoms with Crippen molar-refractivity contribution in [1.82, 2.24) is 4.98 Å². The number of amides is 2. The molecule has 0 saturated heterocycles. The van der Waals surface area contributed by atoms with E-state index in [-0.39, 0.29) is 17.5 Å². The minimum atomic E-state index is -0.377. The lowest BCUT2D eigenvalue weighted by Gasteiger charge is -2.08. The molecule has 2 aromatic carbocycles. The number of nitrogens with one attached hydrogen (secondary N) is 2. The Balaban J connectivity index is 1.70. The van der Waals surface area contributed by atoms with E-state index in [4.69, 9.17) is 9.47 Å². The van der Waals surface area contributed by atoms with Gasteiger partial charge in [0.25, 0.3) is 11.8 Å². The predicted octanol–water partition coefficient (Wildman–Crippen LogP) is 4.28. The van der Waals surface area contributed by atoms with Gasteiger partial charge in [0.15, 0.2) is 5.13 Å². The molecule has 3 rings (SSSR count). The van der Waals surface area contributed by atoms with Gasteiger partial charge in [0.1, 0.15) is 17.2 Å². The summed E-state index contributed by atoms with van der Waals surface area (Å²) in [5, 5.41) is 7.42. The van der Waals surface area contributed by atoms with E-state index in [1.54, 1.807) is 23.6 Å². The van der Waals surface area contributed by atoms with Crippen molar-refractivity contribution in [2.24, 2.45) is 0 Å². The second-order valence-electron chi connectivity index (χ2n) is 6.35. The number of aromatic nitrogens is 1. The number of benzene rings is 2. The van der Waals surface area contributed by atoms with Crippen LogP contribution < -0.4 is 20.1 Å². The van der Waals surface area contributed by atoms with Gasteiger partial charge in [-0.3, -0.25) is 14.9 Å². The van der Waals surface area contributed by atoms with Crippen LogP contribution >= 0.6 is 11.3 Å². The fraction of sp³-hybridized carbons (Fsp3) is 0.190. The minimum Gasteiger partial charge on any atom is -0.497 e. The maximum atomic E-state index is 12.5. The standard InChI is InChI=1S/C21H21N3O4S/c1-12-5-6-15(7-13(12)2)22-20(26)18-11-29-21(23-18)24-19(25)14-8-16(27-3)10-17(9-14)28-4/h5-11H,1-4H3,(H,22,26)(H,23,24,25). The quantitative estimate of drug-likeness (QED) is 0.632. The molecule has 7 nitrogen and oxygen atoms in total. The second-order valence-corrected chi connectivity index (χ2v) is 7.20. The number of nitrogens with zero attached hydrogens (tertiary/aromatic N) is 1. The van der Waals surface area contributed by atoms with Crippen LogP contribution in [0.3, 0.4) is 0 Å². The van der Waals surface area contributed by atoms with Gasteiger partial charge in [0, 0.05) is 22.7 Å². The van der Waals surface area contributed by atoms with E-state index in [1.165, 1.54) is 25.6 Å². The van der Waals surface area contributed by atoms with Crippen molar-refractivity contribution in [3.63, 3.8) is 0 Å². The summed E-state index contributed by atoms with van der Waals surface area (Å²) in [6, 6.07) is 10.6. The summed E-state index contributed by atoms with van der Waals surface area (Å²) in [4.78, 5) is 29.2. The van der Waals surface area contributed by atoms with E-state index in [1.807, 2.05) is 32.0 Å². The van der Waals surface area contributed by atoms with Crippen LogP contribution in [0.1, 0.15) is 32.0 Å². The van der Waals surface area contributed by atoms with Crippen LogP contribution in [-0.4, -0.2) is 31.0 Å². The molecule has 8 heteroatoms. The van der Waals surface area contributed by atoms with Crippen molar-refractivity contribution in [2.75, 3.05) is 24.9 Å². The largest absolute Gasteiger partial charge is 0.497 e. The molecule has 29 heavy (non-hydrogen) atoms. The highest BCUT2D eigenvalue weighted by Crippen LogP contribution is 2.24. The van der Waals surface area contributed by atoms with Crippen LogP contribution in [0.25, 0.3) is 0 Å². The number of hydrogen-bond acceptors (Lipinski definition) is 6. The zero-order valence-corrected chi connectivity index (χ0v) is 17.3. The first kappa shape index (κ1) is 20.3. The molecule has 0 aliphatic rings. The van der Waals surface area contributed by atoms with Crippen molar-refractivity contribution in [3.8, 4) is 11.5 Å². The summed E-state index contributed by atoms with van der Waals surface area (Å²) >= 11 is 1.17. The Bertz CT molecular complexity index is 1040. The van der Waals surface area contributed by atoms with Crippen molar-refractivity contribution in [2.45, 2.75) is 13.8 Å². The molecule has 0 atom stereocenters. The zero-order valence-electron chi connectivity index (χ0n) is 16.5. The lowest BCUT2D eigenvalue weighted by Crippen LogP contribution is -2.14. The Morgan fingerprint density at radius 2 is 1.59 bits per heavy atom. The molecule has 3 aromatic rings. The molecule has 0 radical (unpaired) electrons. The van der Waals surface area contributed by atoms with Crippen LogP contribution in [-0.2, 0) is 0 Å². The topological polar surface area (TPSA) is 89.6 Å². The van der Waals surface area contributed by atoms with Gasteiger partial charge in [0.05, 0.1) is 14.2 Å². The normalized spacial score (nSPS) is 10.3. The van der Waals surface area contributed by atoms with Gasteiger partial charge in [-0.1, -0.05) is 6.07 Å². The molecular weight excluding hydrogens is 390 g/mol. The molecule has 0 bridgehead atoms. The summed E-state index contributed by atoms with van der Waals surface area (Å²) in [5.41, 5.74) is 3.52. The predicted molar refractivity (Wildman–Crippen MR) is 113 cm³/mol. The van der Waals surface area contributed by atoms with Gasteiger partial charge < -0.3 is 14.8 Å². The number of carbonyl (C=O) groups excluding carboxylic acids is 2. The third-order valence-corrected chi connectivity index (χ3v) is 5.09. The molecular formula is C21H21N3O4S. The Labute approximate surface area is 172 Å². The van der Waals surface area contributed by atoms with E-state index in [9.17, 15) is 9.59 Å². The summed E-state index contributed by atoms with van der Waals surface area (Å²) < 4.78 is 10.4. The average molecular weight is 411 g/mol. The third kappa shape index (κ3) is 4.91. The lowest BCUT2D eigenvalue weighted by molar-refractivity contribution is 0.101. The molecule has 150 valence electrons. The number of anilines is 2. The number of ether oxygens (including phenoxy) is 2. The van der Waals surface area contributed by atoms with Crippen molar-refractivity contribution < 1.29 is 19.1 Å².